The fourth-order valence-electron chi connectivity index (χ4n) is 4.74. The second kappa shape index (κ2) is 8.66. The SMILES string of the molecule is Nc1ncnc2c1c(-c1ccc(CNC(=O)C3CCC(F)(F)CN3)cc1)nn2C1CCCC1. The van der Waals surface area contributed by atoms with E-state index in [2.05, 4.69) is 20.6 Å². The summed E-state index contributed by atoms with van der Waals surface area (Å²) in [4.78, 5) is 21.0. The molecule has 1 atom stereocenters. The Kier molecular flexibility index (Phi) is 5.69. The number of nitrogen functional groups attached to an aromatic ring is 1. The summed E-state index contributed by atoms with van der Waals surface area (Å²) >= 11 is 0. The summed E-state index contributed by atoms with van der Waals surface area (Å²) in [6.07, 6.45) is 5.84. The largest absolute Gasteiger partial charge is 0.383 e. The van der Waals surface area contributed by atoms with Gasteiger partial charge in [0.2, 0.25) is 5.91 Å². The van der Waals surface area contributed by atoms with Crippen LogP contribution in [-0.4, -0.2) is 44.2 Å². The van der Waals surface area contributed by atoms with Crippen LogP contribution in [-0.2, 0) is 11.3 Å². The summed E-state index contributed by atoms with van der Waals surface area (Å²) < 4.78 is 28.5. The Morgan fingerprint density at radius 3 is 2.64 bits per heavy atom. The number of nitrogens with one attached hydrogen (secondary N) is 2. The highest BCUT2D eigenvalue weighted by Gasteiger charge is 2.37. The predicted octanol–water partition coefficient (Wildman–Crippen LogP) is 3.19. The van der Waals surface area contributed by atoms with Gasteiger partial charge in [-0.1, -0.05) is 37.1 Å². The third-order valence-corrected chi connectivity index (χ3v) is 6.61. The van der Waals surface area contributed by atoms with Crippen molar-refractivity contribution in [3.05, 3.63) is 36.2 Å². The second-order valence-electron chi connectivity index (χ2n) is 8.93. The first-order valence-electron chi connectivity index (χ1n) is 11.4. The predicted molar refractivity (Wildman–Crippen MR) is 120 cm³/mol. The third-order valence-electron chi connectivity index (χ3n) is 6.61. The Balaban J connectivity index is 1.31. The van der Waals surface area contributed by atoms with E-state index in [-0.39, 0.29) is 18.7 Å². The zero-order valence-corrected chi connectivity index (χ0v) is 18.2. The highest BCUT2D eigenvalue weighted by Crippen LogP contribution is 2.36. The molecule has 3 aromatic rings. The van der Waals surface area contributed by atoms with Crippen LogP contribution in [0.2, 0.25) is 0 Å². The molecule has 0 spiro atoms. The first kappa shape index (κ1) is 21.7. The van der Waals surface area contributed by atoms with E-state index in [1.54, 1.807) is 0 Å². The van der Waals surface area contributed by atoms with Crippen molar-refractivity contribution in [1.82, 2.24) is 30.4 Å². The third kappa shape index (κ3) is 4.39. The van der Waals surface area contributed by atoms with Gasteiger partial charge in [0, 0.05) is 18.5 Å². The average molecular weight is 456 g/mol. The molecule has 1 saturated heterocycles. The normalized spacial score (nSPS) is 20.8. The molecule has 1 saturated carbocycles. The first-order valence-corrected chi connectivity index (χ1v) is 11.4. The summed E-state index contributed by atoms with van der Waals surface area (Å²) in [5, 5.41) is 11.1. The maximum absolute atomic E-state index is 13.3. The lowest BCUT2D eigenvalue weighted by Crippen LogP contribution is -2.52. The minimum absolute atomic E-state index is 0.123. The number of piperidine rings is 1. The number of amides is 1. The molecule has 1 aliphatic carbocycles. The van der Waals surface area contributed by atoms with Crippen molar-refractivity contribution < 1.29 is 13.6 Å². The van der Waals surface area contributed by atoms with Crippen molar-refractivity contribution in [3.63, 3.8) is 0 Å². The van der Waals surface area contributed by atoms with Gasteiger partial charge in [0.05, 0.1) is 24.0 Å². The number of hydrogen-bond donors (Lipinski definition) is 3. The van der Waals surface area contributed by atoms with Crippen molar-refractivity contribution in [2.75, 3.05) is 12.3 Å². The quantitative estimate of drug-likeness (QED) is 0.545. The van der Waals surface area contributed by atoms with Gasteiger partial charge in [-0.3, -0.25) is 4.79 Å². The Labute approximate surface area is 190 Å². The Morgan fingerprint density at radius 1 is 1.18 bits per heavy atom. The van der Waals surface area contributed by atoms with Gasteiger partial charge >= 0.3 is 0 Å². The van der Waals surface area contributed by atoms with Crippen molar-refractivity contribution in [3.8, 4) is 11.3 Å². The van der Waals surface area contributed by atoms with Crippen LogP contribution in [0.1, 0.15) is 50.1 Å². The van der Waals surface area contributed by atoms with E-state index in [1.807, 2.05) is 28.9 Å². The summed E-state index contributed by atoms with van der Waals surface area (Å²) in [7, 11) is 0. The number of nitrogens with two attached hydrogens (primary N) is 1. The zero-order valence-electron chi connectivity index (χ0n) is 18.2. The van der Waals surface area contributed by atoms with Crippen LogP contribution in [0.5, 0.6) is 0 Å². The van der Waals surface area contributed by atoms with E-state index in [0.717, 1.165) is 40.7 Å². The van der Waals surface area contributed by atoms with Crippen LogP contribution in [0.3, 0.4) is 0 Å². The molecule has 5 rings (SSSR count). The Hall–Kier alpha value is -3.14. The molecule has 1 amide bonds. The molecule has 3 heterocycles. The summed E-state index contributed by atoms with van der Waals surface area (Å²) in [6.45, 7) is -0.149. The highest BCUT2D eigenvalue weighted by molar-refractivity contribution is 5.98. The lowest BCUT2D eigenvalue weighted by molar-refractivity contribution is -0.126. The van der Waals surface area contributed by atoms with Gasteiger partial charge in [-0.2, -0.15) is 5.10 Å². The van der Waals surface area contributed by atoms with Crippen molar-refractivity contribution in [2.45, 2.75) is 63.1 Å². The van der Waals surface area contributed by atoms with E-state index >= 15 is 0 Å². The molecule has 0 bridgehead atoms. The second-order valence-corrected chi connectivity index (χ2v) is 8.93. The Bertz CT molecular complexity index is 1150. The van der Waals surface area contributed by atoms with Gasteiger partial charge in [-0.25, -0.2) is 23.4 Å². The number of benzene rings is 1. The smallest absolute Gasteiger partial charge is 0.260 e. The monoisotopic (exact) mass is 455 g/mol. The van der Waals surface area contributed by atoms with Crippen molar-refractivity contribution in [2.24, 2.45) is 0 Å². The number of anilines is 1. The number of fused-ring (bicyclic) bond motifs is 1. The Morgan fingerprint density at radius 2 is 1.94 bits per heavy atom. The molecule has 1 aliphatic heterocycles. The molecular weight excluding hydrogens is 428 g/mol. The molecule has 2 aromatic heterocycles. The molecule has 4 N–H and O–H groups in total. The first-order chi connectivity index (χ1) is 15.9. The number of alkyl halides is 2. The molecule has 8 nitrogen and oxygen atoms in total. The number of aromatic nitrogens is 4. The fraction of sp³-hybridized carbons (Fsp3) is 0.478. The molecule has 174 valence electrons. The minimum atomic E-state index is -2.74. The van der Waals surface area contributed by atoms with Gasteiger partial charge in [-0.05, 0) is 24.8 Å². The molecule has 0 radical (unpaired) electrons. The topological polar surface area (TPSA) is 111 Å². The molecular formula is C23H27F2N7O. The van der Waals surface area contributed by atoms with Crippen LogP contribution in [0, 0.1) is 0 Å². The van der Waals surface area contributed by atoms with Crippen LogP contribution >= 0.6 is 0 Å². The van der Waals surface area contributed by atoms with E-state index in [9.17, 15) is 13.6 Å². The fourth-order valence-corrected chi connectivity index (χ4v) is 4.74. The number of hydrogen-bond acceptors (Lipinski definition) is 6. The van der Waals surface area contributed by atoms with Crippen molar-refractivity contribution >= 4 is 22.8 Å². The average Bonchev–Trinajstić information content (AvgIpc) is 3.46. The molecule has 1 unspecified atom stereocenters. The maximum atomic E-state index is 13.3. The number of carbonyl (C=O) groups excluding carboxylic acids is 1. The maximum Gasteiger partial charge on any atom is 0.260 e. The highest BCUT2D eigenvalue weighted by atomic mass is 19.3. The lowest BCUT2D eigenvalue weighted by Gasteiger charge is -2.28. The molecule has 1 aromatic carbocycles. The number of halogens is 2. The summed E-state index contributed by atoms with van der Waals surface area (Å²) in [5.41, 5.74) is 9.50. The van der Waals surface area contributed by atoms with Gasteiger partial charge in [-0.15, -0.1) is 0 Å². The van der Waals surface area contributed by atoms with Crippen LogP contribution in [0.4, 0.5) is 14.6 Å². The van der Waals surface area contributed by atoms with Gasteiger partial charge in [0.1, 0.15) is 17.8 Å². The van der Waals surface area contributed by atoms with E-state index in [4.69, 9.17) is 10.8 Å². The molecule has 33 heavy (non-hydrogen) atoms. The minimum Gasteiger partial charge on any atom is -0.383 e. The van der Waals surface area contributed by atoms with Crippen LogP contribution < -0.4 is 16.4 Å². The standard InChI is InChI=1S/C23H27F2N7O/c24-23(25)10-9-17(28-12-23)22(33)27-11-14-5-7-15(8-6-14)19-18-20(26)29-13-30-21(18)32(31-19)16-3-1-2-4-16/h5-8,13,16-17,28H,1-4,9-12H2,(H,27,33)(H2,26,29,30). The molecule has 2 aliphatic rings. The number of carbonyl (C=O) groups is 1. The molecule has 10 heteroatoms. The van der Waals surface area contributed by atoms with Gasteiger partial charge in [0.25, 0.3) is 5.92 Å². The molecule has 2 fully saturated rings. The van der Waals surface area contributed by atoms with Crippen molar-refractivity contribution in [1.29, 1.82) is 0 Å². The summed E-state index contributed by atoms with van der Waals surface area (Å²) in [5.74, 6) is -2.60. The van der Waals surface area contributed by atoms with Crippen LogP contribution in [0.15, 0.2) is 30.6 Å². The zero-order chi connectivity index (χ0) is 23.0. The van der Waals surface area contributed by atoms with Crippen LogP contribution in [0.25, 0.3) is 22.3 Å². The van der Waals surface area contributed by atoms with Gasteiger partial charge in [0.15, 0.2) is 5.65 Å². The van der Waals surface area contributed by atoms with E-state index < -0.39 is 18.5 Å². The summed E-state index contributed by atoms with van der Waals surface area (Å²) in [6, 6.07) is 7.44. The number of nitrogens with zero attached hydrogens (tertiary/aromatic N) is 4. The lowest BCUT2D eigenvalue weighted by atomic mass is 10.0. The number of rotatable bonds is 5. The van der Waals surface area contributed by atoms with E-state index in [1.165, 1.54) is 19.2 Å². The van der Waals surface area contributed by atoms with Gasteiger partial charge < -0.3 is 16.4 Å². The van der Waals surface area contributed by atoms with E-state index in [0.29, 0.717) is 18.4 Å².